The van der Waals surface area contributed by atoms with Crippen LogP contribution in [0.1, 0.15) is 265 Å². The summed E-state index contributed by atoms with van der Waals surface area (Å²) in [5, 5.41) is 0. The molecule has 6 nitrogen and oxygen atoms in total. The van der Waals surface area contributed by atoms with Crippen LogP contribution in [-0.4, -0.2) is 37.2 Å². The normalized spacial score (nSPS) is 13.0. The van der Waals surface area contributed by atoms with Crippen molar-refractivity contribution in [2.24, 2.45) is 0 Å². The highest BCUT2D eigenvalue weighted by Crippen LogP contribution is 2.16. The lowest BCUT2D eigenvalue weighted by molar-refractivity contribution is -0.166. The van der Waals surface area contributed by atoms with Gasteiger partial charge in [-0.05, 0) is 103 Å². The molecule has 0 saturated carbocycles. The molecule has 0 radical (unpaired) electrons. The molecule has 73 heavy (non-hydrogen) atoms. The van der Waals surface area contributed by atoms with Gasteiger partial charge in [0.2, 0.25) is 0 Å². The van der Waals surface area contributed by atoms with Crippen LogP contribution in [0.5, 0.6) is 0 Å². The summed E-state index contributed by atoms with van der Waals surface area (Å²) in [5.41, 5.74) is 0. The molecule has 0 bridgehead atoms. The molecule has 0 aliphatic carbocycles. The molecule has 0 saturated heterocycles. The van der Waals surface area contributed by atoms with Crippen molar-refractivity contribution < 1.29 is 28.6 Å². The second-order valence-electron chi connectivity index (χ2n) is 19.5. The summed E-state index contributed by atoms with van der Waals surface area (Å²) in [4.78, 5) is 38.0. The third kappa shape index (κ3) is 58.6. The Morgan fingerprint density at radius 1 is 0.301 bits per heavy atom. The van der Waals surface area contributed by atoms with E-state index in [1.165, 1.54) is 116 Å². The van der Waals surface area contributed by atoms with Crippen LogP contribution in [0.15, 0.2) is 122 Å². The van der Waals surface area contributed by atoms with Gasteiger partial charge in [0.05, 0.1) is 6.42 Å². The van der Waals surface area contributed by atoms with Crippen molar-refractivity contribution in [3.05, 3.63) is 122 Å². The Balaban J connectivity index is 4.26. The van der Waals surface area contributed by atoms with E-state index in [0.29, 0.717) is 12.8 Å². The van der Waals surface area contributed by atoms with E-state index in [2.05, 4.69) is 130 Å². The third-order valence-electron chi connectivity index (χ3n) is 12.5. The summed E-state index contributed by atoms with van der Waals surface area (Å²) in [6, 6.07) is 0. The molecule has 6 heteroatoms. The van der Waals surface area contributed by atoms with Gasteiger partial charge in [-0.15, -0.1) is 0 Å². The van der Waals surface area contributed by atoms with Crippen molar-refractivity contribution in [3.8, 4) is 0 Å². The molecule has 0 amide bonds. The second kappa shape index (κ2) is 60.4. The van der Waals surface area contributed by atoms with E-state index < -0.39 is 12.1 Å². The maximum atomic E-state index is 12.8. The van der Waals surface area contributed by atoms with Crippen LogP contribution in [-0.2, 0) is 28.6 Å². The zero-order valence-electron chi connectivity index (χ0n) is 47.4. The number of allylic oxidation sites excluding steroid dienone is 19. The molecule has 0 aromatic rings. The van der Waals surface area contributed by atoms with Gasteiger partial charge in [-0.3, -0.25) is 14.4 Å². The molecule has 0 rings (SSSR count). The zero-order chi connectivity index (χ0) is 52.9. The molecule has 414 valence electrons. The Labute approximate surface area is 450 Å². The molecule has 0 aromatic heterocycles. The lowest BCUT2D eigenvalue weighted by atomic mass is 10.0. The highest BCUT2D eigenvalue weighted by atomic mass is 16.6. The topological polar surface area (TPSA) is 78.9 Å². The average Bonchev–Trinajstić information content (AvgIpc) is 3.39. The predicted molar refractivity (Wildman–Crippen MR) is 316 cm³/mol. The smallest absolute Gasteiger partial charge is 0.310 e. The minimum absolute atomic E-state index is 0.0930. The van der Waals surface area contributed by atoms with Crippen molar-refractivity contribution in [1.82, 2.24) is 0 Å². The molecule has 0 heterocycles. The van der Waals surface area contributed by atoms with Gasteiger partial charge < -0.3 is 14.2 Å². The highest BCUT2D eigenvalue weighted by Gasteiger charge is 2.19. The van der Waals surface area contributed by atoms with Crippen LogP contribution in [0, 0.1) is 0 Å². The first kappa shape index (κ1) is 68.8. The van der Waals surface area contributed by atoms with Gasteiger partial charge in [-0.2, -0.15) is 0 Å². The Bertz CT molecular complexity index is 1540. The number of carbonyl (C=O) groups excluding carboxylic acids is 3. The van der Waals surface area contributed by atoms with Gasteiger partial charge in [0.15, 0.2) is 6.10 Å². The number of hydrogen-bond donors (Lipinski definition) is 0. The van der Waals surface area contributed by atoms with E-state index in [9.17, 15) is 14.4 Å². The quantitative estimate of drug-likeness (QED) is 0.0261. The van der Waals surface area contributed by atoms with E-state index in [4.69, 9.17) is 14.2 Å². The average molecular weight is 1010 g/mol. The van der Waals surface area contributed by atoms with E-state index in [0.717, 1.165) is 109 Å². The van der Waals surface area contributed by atoms with Crippen LogP contribution in [0.25, 0.3) is 0 Å². The minimum atomic E-state index is -0.837. The molecular weight excluding hydrogens is 901 g/mol. The number of esters is 3. The monoisotopic (exact) mass is 1010 g/mol. The van der Waals surface area contributed by atoms with Gasteiger partial charge in [-0.25, -0.2) is 0 Å². The molecule has 1 atom stereocenters. The minimum Gasteiger partial charge on any atom is -0.462 e. The van der Waals surface area contributed by atoms with Crippen molar-refractivity contribution in [3.63, 3.8) is 0 Å². The first-order valence-corrected chi connectivity index (χ1v) is 30.0. The van der Waals surface area contributed by atoms with Crippen molar-refractivity contribution in [2.45, 2.75) is 271 Å². The van der Waals surface area contributed by atoms with Gasteiger partial charge in [0, 0.05) is 12.8 Å². The van der Waals surface area contributed by atoms with Gasteiger partial charge in [-0.1, -0.05) is 264 Å². The number of hydrogen-bond acceptors (Lipinski definition) is 6. The molecule has 0 N–H and O–H groups in total. The van der Waals surface area contributed by atoms with Gasteiger partial charge in [0.1, 0.15) is 13.2 Å². The molecule has 0 aliphatic heterocycles. The van der Waals surface area contributed by atoms with Gasteiger partial charge in [0.25, 0.3) is 0 Å². The molecule has 0 fully saturated rings. The van der Waals surface area contributed by atoms with E-state index in [1.54, 1.807) is 6.08 Å². The molecule has 0 aliphatic rings. The Morgan fingerprint density at radius 3 is 0.918 bits per heavy atom. The lowest BCUT2D eigenvalue weighted by Gasteiger charge is -2.18. The first-order chi connectivity index (χ1) is 36.0. The fourth-order valence-corrected chi connectivity index (χ4v) is 8.02. The molecule has 0 aromatic carbocycles. The molecular formula is C67H110O6. The number of unbranched alkanes of at least 4 members (excludes halogenated alkanes) is 23. The van der Waals surface area contributed by atoms with E-state index in [-0.39, 0.29) is 31.6 Å². The van der Waals surface area contributed by atoms with Crippen LogP contribution in [0.2, 0.25) is 0 Å². The number of ether oxygens (including phenoxy) is 3. The van der Waals surface area contributed by atoms with Crippen molar-refractivity contribution >= 4 is 17.9 Å². The zero-order valence-corrected chi connectivity index (χ0v) is 47.4. The fourth-order valence-electron chi connectivity index (χ4n) is 8.02. The third-order valence-corrected chi connectivity index (χ3v) is 12.5. The van der Waals surface area contributed by atoms with Crippen molar-refractivity contribution in [1.29, 1.82) is 0 Å². The summed E-state index contributed by atoms with van der Waals surface area (Å²) >= 11 is 0. The van der Waals surface area contributed by atoms with Crippen molar-refractivity contribution in [2.75, 3.05) is 13.2 Å². The van der Waals surface area contributed by atoms with Crippen LogP contribution >= 0.6 is 0 Å². The number of rotatable bonds is 53. The summed E-state index contributed by atoms with van der Waals surface area (Å²) in [5.74, 6) is -1.06. The lowest BCUT2D eigenvalue weighted by Crippen LogP contribution is -2.30. The Hall–Kier alpha value is -4.19. The standard InChI is InChI=1S/C67H110O6/c1-4-7-10-13-16-19-22-24-26-27-28-29-30-31-32-33-34-35-36-37-38-39-41-42-45-48-51-54-57-60-66(69)72-63-64(62-71-65(68)59-56-53-50-47-44-21-18-15-12-9-6-3)73-67(70)61-58-55-52-49-46-43-40-25-23-20-17-14-11-8-5-2/h7-8,10-11,15-20,24-26,28-29,40,46,49,55,58,64H,4-6,9,12-14,21-23,27,30-39,41-45,47-48,50-54,56-57,59-63H2,1-3H3/b10-7-,11-8-,18-15-,19-16-,20-17-,26-24-,29-28-,40-25-,49-46-,58-55-. The predicted octanol–water partition coefficient (Wildman–Crippen LogP) is 20.4. The van der Waals surface area contributed by atoms with Gasteiger partial charge >= 0.3 is 17.9 Å². The summed E-state index contributed by atoms with van der Waals surface area (Å²) in [7, 11) is 0. The second-order valence-corrected chi connectivity index (χ2v) is 19.5. The number of carbonyl (C=O) groups is 3. The maximum Gasteiger partial charge on any atom is 0.310 e. The first-order valence-electron chi connectivity index (χ1n) is 30.0. The van der Waals surface area contributed by atoms with E-state index in [1.807, 2.05) is 6.08 Å². The fraction of sp³-hybridized carbons (Fsp3) is 0.657. The summed E-state index contributed by atoms with van der Waals surface area (Å²) < 4.78 is 16.7. The molecule has 0 spiro atoms. The Morgan fingerprint density at radius 2 is 0.575 bits per heavy atom. The van der Waals surface area contributed by atoms with Crippen LogP contribution in [0.4, 0.5) is 0 Å². The van der Waals surface area contributed by atoms with Crippen LogP contribution < -0.4 is 0 Å². The highest BCUT2D eigenvalue weighted by molar-refractivity contribution is 5.72. The summed E-state index contributed by atoms with van der Waals surface area (Å²) in [6.45, 7) is 6.28. The van der Waals surface area contributed by atoms with Crippen LogP contribution in [0.3, 0.4) is 0 Å². The summed E-state index contributed by atoms with van der Waals surface area (Å²) in [6.07, 6.45) is 83.8. The largest absolute Gasteiger partial charge is 0.462 e. The molecule has 1 unspecified atom stereocenters. The van der Waals surface area contributed by atoms with E-state index >= 15 is 0 Å². The maximum absolute atomic E-state index is 12.8. The Kier molecular flexibility index (Phi) is 56.9. The SMILES string of the molecule is CC/C=C\C/C=C\C/C=C\C/C=C\C/C=C\CC(=O)OC(COC(=O)CCCCCCC/C=C\CCCC)COC(=O)CCCCCCCCCCCCCCCCCC/C=C\C/C=C\C/C=C\C/C=C\CC.